The monoisotopic (exact) mass is 211 g/mol. The topological polar surface area (TPSA) is 26.0 Å². The largest absolute Gasteiger partial charge is 0.323 e. The molecule has 0 aliphatic heterocycles. The molecule has 14 heavy (non-hydrogen) atoms. The minimum absolute atomic E-state index is 0.00111. The summed E-state index contributed by atoms with van der Waals surface area (Å²) in [4.78, 5) is 0. The van der Waals surface area contributed by atoms with Crippen molar-refractivity contribution < 1.29 is 0 Å². The zero-order valence-electron chi connectivity index (χ0n) is 9.05. The molecule has 0 bridgehead atoms. The molecule has 1 atom stereocenters. The van der Waals surface area contributed by atoms with Crippen molar-refractivity contribution in [3.8, 4) is 0 Å². The highest BCUT2D eigenvalue weighted by atomic mass is 35.5. The second kappa shape index (κ2) is 4.33. The number of rotatable bonds is 3. The fourth-order valence-corrected chi connectivity index (χ4v) is 1.62. The van der Waals surface area contributed by atoms with Gasteiger partial charge in [-0.15, -0.1) is 0 Å². The van der Waals surface area contributed by atoms with Crippen molar-refractivity contribution in [3.05, 3.63) is 34.9 Å². The van der Waals surface area contributed by atoms with Crippen molar-refractivity contribution in [3.63, 3.8) is 0 Å². The van der Waals surface area contributed by atoms with E-state index in [1.807, 2.05) is 24.3 Å². The summed E-state index contributed by atoms with van der Waals surface area (Å²) in [7, 11) is 0. The van der Waals surface area contributed by atoms with Gasteiger partial charge in [-0.1, -0.05) is 50.6 Å². The first-order chi connectivity index (χ1) is 6.49. The minimum atomic E-state index is 0.00111. The zero-order valence-corrected chi connectivity index (χ0v) is 9.81. The van der Waals surface area contributed by atoms with Crippen LogP contribution in [0, 0.1) is 5.41 Å². The third-order valence-electron chi connectivity index (χ3n) is 2.99. The van der Waals surface area contributed by atoms with Gasteiger partial charge in [0.05, 0.1) is 0 Å². The Balaban J connectivity index is 3.00. The lowest BCUT2D eigenvalue weighted by Crippen LogP contribution is -2.28. The molecule has 1 nitrogen and oxygen atoms in total. The Morgan fingerprint density at radius 2 is 1.93 bits per heavy atom. The maximum Gasteiger partial charge on any atom is 0.0453 e. The smallest absolute Gasteiger partial charge is 0.0453 e. The Kier molecular flexibility index (Phi) is 3.57. The van der Waals surface area contributed by atoms with Crippen LogP contribution < -0.4 is 5.73 Å². The Hall–Kier alpha value is -0.530. The molecular formula is C12H18ClN. The maximum absolute atomic E-state index is 6.20. The van der Waals surface area contributed by atoms with Crippen LogP contribution in [-0.4, -0.2) is 0 Å². The van der Waals surface area contributed by atoms with Gasteiger partial charge in [0.1, 0.15) is 0 Å². The van der Waals surface area contributed by atoms with Gasteiger partial charge in [0.25, 0.3) is 0 Å². The predicted molar refractivity (Wildman–Crippen MR) is 62.5 cm³/mol. The summed E-state index contributed by atoms with van der Waals surface area (Å²) in [5.74, 6) is 0. The lowest BCUT2D eigenvalue weighted by molar-refractivity contribution is 0.278. The number of nitrogens with two attached hydrogens (primary N) is 1. The van der Waals surface area contributed by atoms with Gasteiger partial charge < -0.3 is 5.73 Å². The fraction of sp³-hybridized carbons (Fsp3) is 0.500. The predicted octanol–water partition coefficient (Wildman–Crippen LogP) is 3.78. The highest BCUT2D eigenvalue weighted by Crippen LogP contribution is 2.36. The van der Waals surface area contributed by atoms with Crippen LogP contribution in [0.3, 0.4) is 0 Å². The van der Waals surface area contributed by atoms with Crippen LogP contribution in [-0.2, 0) is 0 Å². The molecule has 2 heteroatoms. The van der Waals surface area contributed by atoms with E-state index in [4.69, 9.17) is 17.3 Å². The van der Waals surface area contributed by atoms with Crippen LogP contribution in [0.25, 0.3) is 0 Å². The number of hydrogen-bond acceptors (Lipinski definition) is 1. The van der Waals surface area contributed by atoms with E-state index in [1.165, 1.54) is 0 Å². The molecule has 0 amide bonds. The lowest BCUT2D eigenvalue weighted by Gasteiger charge is -2.31. The van der Waals surface area contributed by atoms with Gasteiger partial charge in [-0.3, -0.25) is 0 Å². The van der Waals surface area contributed by atoms with Gasteiger partial charge in [-0.2, -0.15) is 0 Å². The molecule has 1 rings (SSSR count). The van der Waals surface area contributed by atoms with Gasteiger partial charge in [-0.05, 0) is 23.5 Å². The van der Waals surface area contributed by atoms with E-state index < -0.39 is 0 Å². The third kappa shape index (κ3) is 2.28. The van der Waals surface area contributed by atoms with E-state index >= 15 is 0 Å². The summed E-state index contributed by atoms with van der Waals surface area (Å²) in [5, 5.41) is 0.765. The molecule has 0 aliphatic rings. The number of hydrogen-bond donors (Lipinski definition) is 1. The number of halogens is 1. The van der Waals surface area contributed by atoms with Crippen molar-refractivity contribution in [2.45, 2.75) is 33.2 Å². The quantitative estimate of drug-likeness (QED) is 0.809. The normalized spacial score (nSPS) is 14.1. The molecule has 0 radical (unpaired) electrons. The first-order valence-electron chi connectivity index (χ1n) is 4.99. The molecule has 0 saturated carbocycles. The van der Waals surface area contributed by atoms with E-state index in [0.29, 0.717) is 0 Å². The summed E-state index contributed by atoms with van der Waals surface area (Å²) in [6, 6.07) is 7.80. The Morgan fingerprint density at radius 3 is 2.43 bits per heavy atom. The van der Waals surface area contributed by atoms with Crippen molar-refractivity contribution in [2.24, 2.45) is 11.1 Å². The van der Waals surface area contributed by atoms with Crippen LogP contribution in [0.5, 0.6) is 0 Å². The van der Waals surface area contributed by atoms with Gasteiger partial charge in [0.15, 0.2) is 0 Å². The molecule has 0 spiro atoms. The summed E-state index contributed by atoms with van der Waals surface area (Å²) >= 11 is 6.10. The fourth-order valence-electron chi connectivity index (χ4n) is 1.37. The second-order valence-electron chi connectivity index (χ2n) is 4.34. The van der Waals surface area contributed by atoms with E-state index in [2.05, 4.69) is 20.8 Å². The van der Waals surface area contributed by atoms with Crippen LogP contribution in [0.1, 0.15) is 38.8 Å². The summed E-state index contributed by atoms with van der Waals surface area (Å²) in [5.41, 5.74) is 7.33. The Bertz CT molecular complexity index is 307. The molecule has 78 valence electrons. The first-order valence-corrected chi connectivity index (χ1v) is 5.37. The van der Waals surface area contributed by atoms with Crippen LogP contribution in [0.2, 0.25) is 5.02 Å². The lowest BCUT2D eigenvalue weighted by atomic mass is 9.79. The zero-order chi connectivity index (χ0) is 10.8. The molecule has 0 aromatic heterocycles. The molecule has 1 aromatic carbocycles. The van der Waals surface area contributed by atoms with Gasteiger partial charge in [0.2, 0.25) is 0 Å². The molecule has 0 saturated heterocycles. The van der Waals surface area contributed by atoms with E-state index in [0.717, 1.165) is 17.0 Å². The average Bonchev–Trinajstić information content (AvgIpc) is 2.17. The molecule has 1 unspecified atom stereocenters. The number of benzene rings is 1. The van der Waals surface area contributed by atoms with E-state index in [9.17, 15) is 0 Å². The average molecular weight is 212 g/mol. The molecule has 0 aliphatic carbocycles. The Morgan fingerprint density at radius 1 is 1.36 bits per heavy atom. The van der Waals surface area contributed by atoms with Crippen LogP contribution in [0.15, 0.2) is 24.3 Å². The molecule has 1 aromatic rings. The molecule has 0 fully saturated rings. The SMILES string of the molecule is CCC(C)(C)C(N)c1ccccc1Cl. The third-order valence-corrected chi connectivity index (χ3v) is 3.34. The Labute approximate surface area is 91.3 Å². The molecule has 0 heterocycles. The minimum Gasteiger partial charge on any atom is -0.323 e. The standard InChI is InChI=1S/C12H18ClN/c1-4-12(2,3)11(14)9-7-5-6-8-10(9)13/h5-8,11H,4,14H2,1-3H3. The van der Waals surface area contributed by atoms with Crippen LogP contribution >= 0.6 is 11.6 Å². The van der Waals surface area contributed by atoms with E-state index in [-0.39, 0.29) is 11.5 Å². The van der Waals surface area contributed by atoms with E-state index in [1.54, 1.807) is 0 Å². The van der Waals surface area contributed by atoms with Gasteiger partial charge in [-0.25, -0.2) is 0 Å². The van der Waals surface area contributed by atoms with Gasteiger partial charge in [0, 0.05) is 11.1 Å². The van der Waals surface area contributed by atoms with Crippen molar-refractivity contribution >= 4 is 11.6 Å². The summed E-state index contributed by atoms with van der Waals surface area (Å²) < 4.78 is 0. The maximum atomic E-state index is 6.20. The first kappa shape index (κ1) is 11.5. The molecular weight excluding hydrogens is 194 g/mol. The van der Waals surface area contributed by atoms with Crippen LogP contribution in [0.4, 0.5) is 0 Å². The summed E-state index contributed by atoms with van der Waals surface area (Å²) in [6.45, 7) is 6.48. The van der Waals surface area contributed by atoms with Crippen molar-refractivity contribution in [2.75, 3.05) is 0 Å². The van der Waals surface area contributed by atoms with Crippen molar-refractivity contribution in [1.29, 1.82) is 0 Å². The second-order valence-corrected chi connectivity index (χ2v) is 4.75. The molecule has 2 N–H and O–H groups in total. The van der Waals surface area contributed by atoms with Crippen molar-refractivity contribution in [1.82, 2.24) is 0 Å². The highest BCUT2D eigenvalue weighted by Gasteiger charge is 2.26. The van der Waals surface area contributed by atoms with Gasteiger partial charge >= 0.3 is 0 Å². The highest BCUT2D eigenvalue weighted by molar-refractivity contribution is 6.31. The summed E-state index contributed by atoms with van der Waals surface area (Å²) in [6.07, 6.45) is 1.04.